The molecule has 2 amide bonds. The highest BCUT2D eigenvalue weighted by atomic mass is 16.2. The first-order valence-corrected chi connectivity index (χ1v) is 7.75. The number of carbonyl (C=O) groups is 2. The molecule has 1 saturated heterocycles. The van der Waals surface area contributed by atoms with E-state index in [0.29, 0.717) is 32.0 Å². The van der Waals surface area contributed by atoms with Crippen molar-refractivity contribution in [1.82, 2.24) is 9.80 Å². The van der Waals surface area contributed by atoms with Gasteiger partial charge in [-0.1, -0.05) is 30.3 Å². The third kappa shape index (κ3) is 3.26. The van der Waals surface area contributed by atoms with Gasteiger partial charge >= 0.3 is 0 Å². The Morgan fingerprint density at radius 1 is 1.14 bits per heavy atom. The van der Waals surface area contributed by atoms with Crippen LogP contribution in [0, 0.1) is 5.92 Å². The highest BCUT2D eigenvalue weighted by molar-refractivity contribution is 5.78. The lowest BCUT2D eigenvalue weighted by molar-refractivity contribution is -0.142. The molecule has 21 heavy (non-hydrogen) atoms. The maximum Gasteiger partial charge on any atom is 0.222 e. The maximum atomic E-state index is 12.3. The van der Waals surface area contributed by atoms with E-state index in [1.54, 1.807) is 6.92 Å². The monoisotopic (exact) mass is 286 g/mol. The van der Waals surface area contributed by atoms with Gasteiger partial charge in [0.2, 0.25) is 11.8 Å². The summed E-state index contributed by atoms with van der Waals surface area (Å²) in [5, 5.41) is 0. The van der Waals surface area contributed by atoms with E-state index >= 15 is 0 Å². The third-order valence-corrected chi connectivity index (χ3v) is 4.48. The maximum absolute atomic E-state index is 12.3. The van der Waals surface area contributed by atoms with E-state index in [9.17, 15) is 9.59 Å². The van der Waals surface area contributed by atoms with E-state index in [1.807, 2.05) is 40.1 Å². The summed E-state index contributed by atoms with van der Waals surface area (Å²) in [7, 11) is 0. The van der Waals surface area contributed by atoms with E-state index in [-0.39, 0.29) is 17.9 Å². The lowest BCUT2D eigenvalue weighted by atomic mass is 10.0. The summed E-state index contributed by atoms with van der Waals surface area (Å²) in [5.41, 5.74) is 1.11. The van der Waals surface area contributed by atoms with Crippen LogP contribution < -0.4 is 0 Å². The van der Waals surface area contributed by atoms with Crippen molar-refractivity contribution in [3.63, 3.8) is 0 Å². The van der Waals surface area contributed by atoms with Crippen molar-refractivity contribution >= 4 is 11.8 Å². The number of rotatable bonds is 3. The van der Waals surface area contributed by atoms with Gasteiger partial charge in [-0.05, 0) is 24.3 Å². The molecule has 3 rings (SSSR count). The van der Waals surface area contributed by atoms with E-state index < -0.39 is 0 Å². The van der Waals surface area contributed by atoms with E-state index in [4.69, 9.17) is 0 Å². The van der Waals surface area contributed by atoms with Crippen LogP contribution in [0.4, 0.5) is 0 Å². The number of hydrogen-bond acceptors (Lipinski definition) is 2. The van der Waals surface area contributed by atoms with E-state index in [1.165, 1.54) is 12.8 Å². The zero-order valence-corrected chi connectivity index (χ0v) is 12.5. The van der Waals surface area contributed by atoms with Crippen molar-refractivity contribution in [2.75, 3.05) is 19.6 Å². The molecule has 1 saturated carbocycles. The molecule has 1 heterocycles. The molecule has 2 fully saturated rings. The summed E-state index contributed by atoms with van der Waals surface area (Å²) in [4.78, 5) is 28.0. The van der Waals surface area contributed by atoms with Gasteiger partial charge in [-0.3, -0.25) is 9.59 Å². The topological polar surface area (TPSA) is 40.6 Å². The molecule has 0 spiro atoms. The summed E-state index contributed by atoms with van der Waals surface area (Å²) in [6.07, 6.45) is 3.07. The van der Waals surface area contributed by atoms with Gasteiger partial charge in [-0.15, -0.1) is 0 Å². The summed E-state index contributed by atoms with van der Waals surface area (Å²) in [6.45, 7) is 3.52. The molecule has 0 bridgehead atoms. The second-order valence-corrected chi connectivity index (χ2v) is 6.13. The molecule has 0 radical (unpaired) electrons. The van der Waals surface area contributed by atoms with Crippen LogP contribution in [0.3, 0.4) is 0 Å². The summed E-state index contributed by atoms with van der Waals surface area (Å²) >= 11 is 0. The minimum Gasteiger partial charge on any atom is -0.338 e. The van der Waals surface area contributed by atoms with Crippen molar-refractivity contribution in [2.24, 2.45) is 5.92 Å². The summed E-state index contributed by atoms with van der Waals surface area (Å²) in [5.74, 6) is 0.943. The van der Waals surface area contributed by atoms with E-state index in [0.717, 1.165) is 5.56 Å². The Morgan fingerprint density at radius 3 is 2.48 bits per heavy atom. The van der Waals surface area contributed by atoms with Gasteiger partial charge in [0.15, 0.2) is 0 Å². The SMILES string of the molecule is CC(=O)N1CCN(C(=O)CC2CC2)C[C@@H]1c1ccccc1. The number of nitrogens with zero attached hydrogens (tertiary/aromatic N) is 2. The van der Waals surface area contributed by atoms with Crippen LogP contribution in [0.25, 0.3) is 0 Å². The zero-order valence-electron chi connectivity index (χ0n) is 12.5. The lowest BCUT2D eigenvalue weighted by Gasteiger charge is -2.41. The number of benzene rings is 1. The molecule has 1 aromatic rings. The van der Waals surface area contributed by atoms with Crippen molar-refractivity contribution in [1.29, 1.82) is 0 Å². The highest BCUT2D eigenvalue weighted by Crippen LogP contribution is 2.34. The van der Waals surface area contributed by atoms with Crippen LogP contribution in [-0.4, -0.2) is 41.2 Å². The summed E-state index contributed by atoms with van der Waals surface area (Å²) < 4.78 is 0. The number of hydrogen-bond donors (Lipinski definition) is 0. The van der Waals surface area contributed by atoms with Gasteiger partial charge in [0, 0.05) is 33.0 Å². The fourth-order valence-electron chi connectivity index (χ4n) is 3.04. The number of amides is 2. The Kier molecular flexibility index (Phi) is 3.95. The summed E-state index contributed by atoms with van der Waals surface area (Å²) in [6, 6.07) is 10.0. The van der Waals surface area contributed by atoms with Gasteiger partial charge in [-0.2, -0.15) is 0 Å². The van der Waals surface area contributed by atoms with Crippen LogP contribution in [0.1, 0.15) is 37.8 Å². The molecule has 1 aromatic carbocycles. The predicted molar refractivity (Wildman–Crippen MR) is 80.5 cm³/mol. The second-order valence-electron chi connectivity index (χ2n) is 6.13. The average molecular weight is 286 g/mol. The van der Waals surface area contributed by atoms with Crippen LogP contribution in [-0.2, 0) is 9.59 Å². The largest absolute Gasteiger partial charge is 0.338 e. The molecule has 0 N–H and O–H groups in total. The molecule has 0 unspecified atom stereocenters. The van der Waals surface area contributed by atoms with Gasteiger partial charge in [0.1, 0.15) is 0 Å². The van der Waals surface area contributed by atoms with Crippen LogP contribution in [0.5, 0.6) is 0 Å². The quantitative estimate of drug-likeness (QED) is 0.855. The molecule has 0 aromatic heterocycles. The molecule has 1 aliphatic heterocycles. The molecule has 1 aliphatic carbocycles. The predicted octanol–water partition coefficient (Wildman–Crippen LogP) is 2.22. The first-order valence-electron chi connectivity index (χ1n) is 7.75. The van der Waals surface area contributed by atoms with Crippen molar-refractivity contribution in [3.8, 4) is 0 Å². The van der Waals surface area contributed by atoms with E-state index in [2.05, 4.69) is 0 Å². The molecule has 4 heteroatoms. The Balaban J connectivity index is 1.75. The Labute approximate surface area is 125 Å². The first kappa shape index (κ1) is 14.1. The Hall–Kier alpha value is -1.84. The van der Waals surface area contributed by atoms with Crippen molar-refractivity contribution in [3.05, 3.63) is 35.9 Å². The Bertz CT molecular complexity index is 525. The third-order valence-electron chi connectivity index (χ3n) is 4.48. The smallest absolute Gasteiger partial charge is 0.222 e. The fourth-order valence-corrected chi connectivity index (χ4v) is 3.04. The minimum absolute atomic E-state index is 0.0133. The standard InChI is InChI=1S/C17H22N2O2/c1-13(20)19-10-9-18(17(21)11-14-7-8-14)12-16(19)15-5-3-2-4-6-15/h2-6,14,16H,7-12H2,1H3/t16-/m1/s1. The van der Waals surface area contributed by atoms with Gasteiger partial charge in [-0.25, -0.2) is 0 Å². The molecule has 2 aliphatic rings. The first-order chi connectivity index (χ1) is 10.1. The molecular formula is C17H22N2O2. The van der Waals surface area contributed by atoms with Gasteiger partial charge in [0.25, 0.3) is 0 Å². The van der Waals surface area contributed by atoms with Crippen molar-refractivity contribution in [2.45, 2.75) is 32.2 Å². The molecule has 4 nitrogen and oxygen atoms in total. The number of piperazine rings is 1. The highest BCUT2D eigenvalue weighted by Gasteiger charge is 2.34. The van der Waals surface area contributed by atoms with Crippen LogP contribution >= 0.6 is 0 Å². The normalized spacial score (nSPS) is 22.2. The van der Waals surface area contributed by atoms with Gasteiger partial charge in [0.05, 0.1) is 6.04 Å². The molecule has 112 valence electrons. The molecular weight excluding hydrogens is 264 g/mol. The van der Waals surface area contributed by atoms with Crippen molar-refractivity contribution < 1.29 is 9.59 Å². The second kappa shape index (κ2) is 5.88. The van der Waals surface area contributed by atoms with Gasteiger partial charge < -0.3 is 9.80 Å². The fraction of sp³-hybridized carbons (Fsp3) is 0.529. The minimum atomic E-state index is -0.0133. The van der Waals surface area contributed by atoms with Crippen LogP contribution in [0.15, 0.2) is 30.3 Å². The van der Waals surface area contributed by atoms with Crippen LogP contribution in [0.2, 0.25) is 0 Å². The zero-order chi connectivity index (χ0) is 14.8. The number of carbonyl (C=O) groups excluding carboxylic acids is 2. The lowest BCUT2D eigenvalue weighted by Crippen LogP contribution is -2.51. The molecule has 1 atom stereocenters. The Morgan fingerprint density at radius 2 is 1.86 bits per heavy atom. The average Bonchev–Trinajstić information content (AvgIpc) is 3.31.